The van der Waals surface area contributed by atoms with E-state index in [0.29, 0.717) is 30.6 Å². The molecule has 31 heavy (non-hydrogen) atoms. The Morgan fingerprint density at radius 2 is 2.10 bits per heavy atom. The van der Waals surface area contributed by atoms with E-state index >= 15 is 0 Å². The summed E-state index contributed by atoms with van der Waals surface area (Å²) in [5.74, 6) is 0.724. The van der Waals surface area contributed by atoms with Crippen LogP contribution in [0.4, 0.5) is 11.6 Å². The van der Waals surface area contributed by atoms with Gasteiger partial charge in [-0.2, -0.15) is 5.10 Å². The zero-order chi connectivity index (χ0) is 21.5. The normalized spacial score (nSPS) is 19.4. The third-order valence-corrected chi connectivity index (χ3v) is 5.59. The van der Waals surface area contributed by atoms with Crippen LogP contribution in [0.25, 0.3) is 0 Å². The molecule has 11 nitrogen and oxygen atoms in total. The fourth-order valence-corrected chi connectivity index (χ4v) is 3.77. The van der Waals surface area contributed by atoms with Gasteiger partial charge in [-0.15, -0.1) is 0 Å². The number of fused-ring (bicyclic) bond motifs is 1. The summed E-state index contributed by atoms with van der Waals surface area (Å²) in [5, 5.41) is 16.3. The predicted octanol–water partition coefficient (Wildman–Crippen LogP) is 0.547. The number of aromatic nitrogens is 6. The first-order chi connectivity index (χ1) is 15.0. The average Bonchev–Trinajstić information content (AvgIpc) is 3.30. The molecule has 0 aromatic carbocycles. The lowest BCUT2D eigenvalue weighted by Crippen LogP contribution is -2.30. The molecule has 4 heterocycles. The number of carbonyl (C=O) groups is 2. The molecule has 2 fully saturated rings. The molecule has 0 unspecified atom stereocenters. The van der Waals surface area contributed by atoms with Gasteiger partial charge in [0.2, 0.25) is 11.9 Å². The number of aliphatic hydroxyl groups is 1. The summed E-state index contributed by atoms with van der Waals surface area (Å²) in [4.78, 5) is 43.2. The molecule has 5 rings (SSSR count). The van der Waals surface area contributed by atoms with Gasteiger partial charge in [0.05, 0.1) is 30.7 Å². The lowest BCUT2D eigenvalue weighted by atomic mass is 10.2. The molecule has 0 spiro atoms. The molecule has 2 N–H and O–H groups in total. The minimum atomic E-state index is -0.478. The largest absolute Gasteiger partial charge is 0.390 e. The quantitative estimate of drug-likeness (QED) is 0.589. The van der Waals surface area contributed by atoms with Gasteiger partial charge in [-0.1, -0.05) is 0 Å². The zero-order valence-corrected chi connectivity index (χ0v) is 16.8. The second-order valence-corrected chi connectivity index (χ2v) is 7.72. The Morgan fingerprint density at radius 1 is 1.26 bits per heavy atom. The van der Waals surface area contributed by atoms with E-state index in [2.05, 4.69) is 30.4 Å². The molecule has 1 aliphatic carbocycles. The molecular formula is C20H20N8O3. The van der Waals surface area contributed by atoms with Crippen molar-refractivity contribution in [3.63, 3.8) is 0 Å². The summed E-state index contributed by atoms with van der Waals surface area (Å²) < 4.78 is 1.65. The van der Waals surface area contributed by atoms with Crippen LogP contribution < -0.4 is 10.2 Å². The topological polar surface area (TPSA) is 139 Å². The van der Waals surface area contributed by atoms with Gasteiger partial charge in [-0.05, 0) is 19.3 Å². The standard InChI is InChI=1S/C20H20N8O3/c1-11-13(5-23-20(25-11)28-8-12-4-15(12)19(28)31)7-27-9-14(6-24-27)26-18(30)17-16(10-29)21-2-3-22-17/h2-3,5-6,9,12,15,29H,4,7-8,10H2,1H3,(H,26,30)/t12-,15-/m1/s1. The molecular weight excluding hydrogens is 400 g/mol. The summed E-state index contributed by atoms with van der Waals surface area (Å²) in [5.41, 5.74) is 2.38. The number of hydrogen-bond acceptors (Lipinski definition) is 8. The van der Waals surface area contributed by atoms with Crippen molar-refractivity contribution in [1.82, 2.24) is 29.7 Å². The number of rotatable bonds is 6. The van der Waals surface area contributed by atoms with Crippen LogP contribution in [-0.4, -0.2) is 53.2 Å². The minimum absolute atomic E-state index is 0.0617. The van der Waals surface area contributed by atoms with E-state index in [0.717, 1.165) is 17.7 Å². The Balaban J connectivity index is 1.26. The van der Waals surface area contributed by atoms with Crippen LogP contribution in [0.1, 0.15) is 33.9 Å². The van der Waals surface area contributed by atoms with Crippen molar-refractivity contribution in [3.8, 4) is 0 Å². The highest BCUT2D eigenvalue weighted by atomic mass is 16.3. The molecule has 3 aromatic heterocycles. The molecule has 2 aliphatic rings. The van der Waals surface area contributed by atoms with Crippen LogP contribution in [0, 0.1) is 18.8 Å². The highest BCUT2D eigenvalue weighted by molar-refractivity contribution is 6.03. The van der Waals surface area contributed by atoms with Gasteiger partial charge in [-0.3, -0.25) is 24.2 Å². The van der Waals surface area contributed by atoms with Gasteiger partial charge >= 0.3 is 0 Å². The highest BCUT2D eigenvalue weighted by Gasteiger charge is 2.53. The van der Waals surface area contributed by atoms with Crippen molar-refractivity contribution in [2.75, 3.05) is 16.8 Å². The van der Waals surface area contributed by atoms with Crippen LogP contribution in [-0.2, 0) is 17.9 Å². The number of hydrogen-bond donors (Lipinski definition) is 2. The maximum absolute atomic E-state index is 12.4. The Kier molecular flexibility index (Phi) is 4.66. The highest BCUT2D eigenvalue weighted by Crippen LogP contribution is 2.46. The Morgan fingerprint density at radius 3 is 2.84 bits per heavy atom. The van der Waals surface area contributed by atoms with Crippen LogP contribution in [0.2, 0.25) is 0 Å². The number of amides is 2. The SMILES string of the molecule is Cc1nc(N2C[C@H]3C[C@H]3C2=O)ncc1Cn1cc(NC(=O)c2nccnc2CO)cn1. The zero-order valence-electron chi connectivity index (χ0n) is 16.8. The monoisotopic (exact) mass is 420 g/mol. The molecule has 0 bridgehead atoms. The Hall–Kier alpha value is -3.73. The van der Waals surface area contributed by atoms with E-state index < -0.39 is 5.91 Å². The number of nitrogens with zero attached hydrogens (tertiary/aromatic N) is 7. The van der Waals surface area contributed by atoms with Crippen LogP contribution >= 0.6 is 0 Å². The van der Waals surface area contributed by atoms with Crippen molar-refractivity contribution in [3.05, 3.63) is 53.6 Å². The lowest BCUT2D eigenvalue weighted by Gasteiger charge is -2.17. The minimum Gasteiger partial charge on any atom is -0.390 e. The fraction of sp³-hybridized carbons (Fsp3) is 0.350. The molecule has 2 atom stereocenters. The Labute approximate surface area is 177 Å². The smallest absolute Gasteiger partial charge is 0.276 e. The van der Waals surface area contributed by atoms with Gasteiger partial charge in [0.15, 0.2) is 5.69 Å². The van der Waals surface area contributed by atoms with Crippen molar-refractivity contribution in [2.24, 2.45) is 11.8 Å². The summed E-state index contributed by atoms with van der Waals surface area (Å²) in [6, 6.07) is 0. The lowest BCUT2D eigenvalue weighted by molar-refractivity contribution is -0.118. The number of aryl methyl sites for hydroxylation is 1. The maximum Gasteiger partial charge on any atom is 0.276 e. The third kappa shape index (κ3) is 3.63. The summed E-state index contributed by atoms with van der Waals surface area (Å²) in [6.07, 6.45) is 8.70. The molecule has 2 amide bonds. The Bertz CT molecular complexity index is 1180. The number of nitrogens with one attached hydrogen (secondary N) is 1. The van der Waals surface area contributed by atoms with Gasteiger partial charge in [0, 0.05) is 48.5 Å². The summed E-state index contributed by atoms with van der Waals surface area (Å²) in [6.45, 7) is 2.61. The molecule has 11 heteroatoms. The van der Waals surface area contributed by atoms with E-state index in [1.54, 1.807) is 22.0 Å². The van der Waals surface area contributed by atoms with Gasteiger partial charge in [0.1, 0.15) is 0 Å². The predicted molar refractivity (Wildman–Crippen MR) is 108 cm³/mol. The van der Waals surface area contributed by atoms with E-state index in [1.807, 2.05) is 6.92 Å². The van der Waals surface area contributed by atoms with Crippen LogP contribution in [0.3, 0.4) is 0 Å². The number of carbonyl (C=O) groups excluding carboxylic acids is 2. The summed E-state index contributed by atoms with van der Waals surface area (Å²) in [7, 11) is 0. The van der Waals surface area contributed by atoms with Gasteiger partial charge in [0.25, 0.3) is 5.91 Å². The van der Waals surface area contributed by atoms with Gasteiger partial charge in [-0.25, -0.2) is 15.0 Å². The number of anilines is 2. The van der Waals surface area contributed by atoms with Crippen molar-refractivity contribution in [1.29, 1.82) is 0 Å². The first-order valence-corrected chi connectivity index (χ1v) is 9.92. The fourth-order valence-electron chi connectivity index (χ4n) is 3.77. The third-order valence-electron chi connectivity index (χ3n) is 5.59. The first-order valence-electron chi connectivity index (χ1n) is 9.92. The van der Waals surface area contributed by atoms with E-state index in [1.165, 1.54) is 18.6 Å². The van der Waals surface area contributed by atoms with Gasteiger partial charge < -0.3 is 10.4 Å². The summed E-state index contributed by atoms with van der Waals surface area (Å²) >= 11 is 0. The molecule has 0 radical (unpaired) electrons. The number of aliphatic hydroxyl groups excluding tert-OH is 1. The van der Waals surface area contributed by atoms with Crippen LogP contribution in [0.5, 0.6) is 0 Å². The second-order valence-electron chi connectivity index (χ2n) is 7.72. The van der Waals surface area contributed by atoms with Crippen molar-refractivity contribution >= 4 is 23.5 Å². The van der Waals surface area contributed by atoms with Crippen LogP contribution in [0.15, 0.2) is 31.0 Å². The average molecular weight is 420 g/mol. The molecule has 1 aliphatic heterocycles. The molecule has 1 saturated heterocycles. The first kappa shape index (κ1) is 19.2. The molecule has 1 saturated carbocycles. The van der Waals surface area contributed by atoms with Crippen molar-refractivity contribution < 1.29 is 14.7 Å². The maximum atomic E-state index is 12.4. The van der Waals surface area contributed by atoms with Crippen molar-refractivity contribution in [2.45, 2.75) is 26.5 Å². The molecule has 158 valence electrons. The van der Waals surface area contributed by atoms with E-state index in [-0.39, 0.29) is 29.8 Å². The number of piperidine rings is 1. The van der Waals surface area contributed by atoms with E-state index in [4.69, 9.17) is 0 Å². The molecule has 3 aromatic rings. The second kappa shape index (κ2) is 7.51. The van der Waals surface area contributed by atoms with E-state index in [9.17, 15) is 14.7 Å².